The van der Waals surface area contributed by atoms with Crippen molar-refractivity contribution in [3.05, 3.63) is 50.1 Å². The molecule has 0 fully saturated rings. The van der Waals surface area contributed by atoms with Crippen molar-refractivity contribution in [3.63, 3.8) is 0 Å². The van der Waals surface area contributed by atoms with Gasteiger partial charge in [-0.25, -0.2) is 14.4 Å². The quantitative estimate of drug-likeness (QED) is 0.477. The van der Waals surface area contributed by atoms with Crippen LogP contribution in [0.1, 0.15) is 0 Å². The summed E-state index contributed by atoms with van der Waals surface area (Å²) in [6.45, 7) is 0. The molecule has 0 aliphatic heterocycles. The van der Waals surface area contributed by atoms with Gasteiger partial charge in [0.2, 0.25) is 5.75 Å². The fourth-order valence-corrected chi connectivity index (χ4v) is 1.45. The van der Waals surface area contributed by atoms with Crippen molar-refractivity contribution in [2.45, 2.75) is 0 Å². The molecule has 0 spiro atoms. The van der Waals surface area contributed by atoms with E-state index < -0.39 is 16.4 Å². The molecule has 0 unspecified atom stereocenters. The Morgan fingerprint density at radius 3 is 2.61 bits per heavy atom. The molecule has 1 aromatic heterocycles. The molecule has 8 heteroatoms. The highest BCUT2D eigenvalue weighted by Crippen LogP contribution is 2.30. The number of benzene rings is 1. The van der Waals surface area contributed by atoms with E-state index in [0.29, 0.717) is 0 Å². The molecule has 0 amide bonds. The van der Waals surface area contributed by atoms with Gasteiger partial charge in [0.15, 0.2) is 0 Å². The maximum absolute atomic E-state index is 12.9. The molecule has 0 radical (unpaired) electrons. The van der Waals surface area contributed by atoms with Crippen LogP contribution in [-0.2, 0) is 0 Å². The minimum Gasteiger partial charge on any atom is -0.417 e. The second-order valence-corrected chi connectivity index (χ2v) is 4.40. The number of nitrogens with zero attached hydrogens (tertiary/aromatic N) is 3. The van der Waals surface area contributed by atoms with Gasteiger partial charge in [0.25, 0.3) is 0 Å². The number of ether oxygens (including phenoxy) is 1. The third-order valence-electron chi connectivity index (χ3n) is 1.92. The average Bonchev–Trinajstić information content (AvgIpc) is 2.34. The number of hydrogen-bond donors (Lipinski definition) is 0. The lowest BCUT2D eigenvalue weighted by Crippen LogP contribution is -1.97. The van der Waals surface area contributed by atoms with Crippen LogP contribution in [0, 0.1) is 19.5 Å². The lowest BCUT2D eigenvalue weighted by molar-refractivity contribution is -0.385. The topological polar surface area (TPSA) is 78.2 Å². The largest absolute Gasteiger partial charge is 0.417 e. The number of nitro benzene ring substituents is 1. The first-order valence-corrected chi connectivity index (χ1v) is 5.73. The van der Waals surface area contributed by atoms with Gasteiger partial charge in [0, 0.05) is 16.0 Å². The molecule has 0 bridgehead atoms. The van der Waals surface area contributed by atoms with E-state index in [1.54, 1.807) is 0 Å². The van der Waals surface area contributed by atoms with Gasteiger partial charge in [-0.05, 0) is 34.7 Å². The first-order valence-electron chi connectivity index (χ1n) is 4.65. The van der Waals surface area contributed by atoms with Crippen molar-refractivity contribution < 1.29 is 14.1 Å². The highest BCUT2D eigenvalue weighted by Gasteiger charge is 2.17. The highest BCUT2D eigenvalue weighted by molar-refractivity contribution is 14.1. The Balaban J connectivity index is 2.34. The molecular weight excluding hydrogens is 356 g/mol. The van der Waals surface area contributed by atoms with Gasteiger partial charge in [-0.1, -0.05) is 0 Å². The van der Waals surface area contributed by atoms with Crippen LogP contribution in [0.3, 0.4) is 0 Å². The standard InChI is InChI=1S/C10H5FIN3O3/c11-6-1-2-9(8(3-6)15(16)17)18-10-13-4-7(12)5-14-10/h1-5H. The molecule has 92 valence electrons. The fraction of sp³-hybridized carbons (Fsp3) is 0. The zero-order valence-corrected chi connectivity index (χ0v) is 10.9. The first kappa shape index (κ1) is 12.6. The van der Waals surface area contributed by atoms with Gasteiger partial charge in [0.1, 0.15) is 5.82 Å². The molecule has 0 atom stereocenters. The predicted octanol–water partition coefficient (Wildman–Crippen LogP) is 2.92. The minimum atomic E-state index is -0.731. The Kier molecular flexibility index (Phi) is 3.65. The van der Waals surface area contributed by atoms with Crippen molar-refractivity contribution >= 4 is 28.3 Å². The number of rotatable bonds is 3. The molecule has 1 heterocycles. The van der Waals surface area contributed by atoms with E-state index >= 15 is 0 Å². The molecule has 2 aromatic rings. The fourth-order valence-electron chi connectivity index (χ4n) is 1.17. The van der Waals surface area contributed by atoms with E-state index in [2.05, 4.69) is 9.97 Å². The lowest BCUT2D eigenvalue weighted by atomic mass is 10.3. The summed E-state index contributed by atoms with van der Waals surface area (Å²) in [7, 11) is 0. The number of halogens is 2. The van der Waals surface area contributed by atoms with Crippen LogP contribution in [0.5, 0.6) is 11.8 Å². The van der Waals surface area contributed by atoms with Crippen molar-refractivity contribution in [3.8, 4) is 11.8 Å². The first-order chi connectivity index (χ1) is 8.56. The predicted molar refractivity (Wildman–Crippen MR) is 67.9 cm³/mol. The van der Waals surface area contributed by atoms with E-state index in [-0.39, 0.29) is 11.8 Å². The Hall–Kier alpha value is -1.84. The summed E-state index contributed by atoms with van der Waals surface area (Å²) >= 11 is 2.01. The third-order valence-corrected chi connectivity index (χ3v) is 2.47. The SMILES string of the molecule is O=[N+]([O-])c1cc(F)ccc1Oc1ncc(I)cn1. The Morgan fingerprint density at radius 1 is 1.33 bits per heavy atom. The van der Waals surface area contributed by atoms with Crippen molar-refractivity contribution in [1.82, 2.24) is 9.97 Å². The molecule has 0 saturated carbocycles. The van der Waals surface area contributed by atoms with E-state index in [1.165, 1.54) is 12.4 Å². The average molecular weight is 361 g/mol. The van der Waals surface area contributed by atoms with Crippen LogP contribution in [0.25, 0.3) is 0 Å². The minimum absolute atomic E-state index is 0.0369. The molecule has 0 aliphatic carbocycles. The summed E-state index contributed by atoms with van der Waals surface area (Å²) in [6.07, 6.45) is 3.00. The summed E-state index contributed by atoms with van der Waals surface area (Å²) in [4.78, 5) is 17.7. The molecule has 0 N–H and O–H groups in total. The summed E-state index contributed by atoms with van der Waals surface area (Å²) in [5.74, 6) is -0.819. The normalized spacial score (nSPS) is 10.1. The molecule has 2 rings (SSSR count). The van der Waals surface area contributed by atoms with Gasteiger partial charge >= 0.3 is 11.7 Å². The summed E-state index contributed by atoms with van der Waals surface area (Å²) in [6, 6.07) is 2.97. The summed E-state index contributed by atoms with van der Waals surface area (Å²) < 4.78 is 18.9. The van der Waals surface area contributed by atoms with Crippen LogP contribution in [0.4, 0.5) is 10.1 Å². The Labute approximate surface area is 114 Å². The lowest BCUT2D eigenvalue weighted by Gasteiger charge is -2.04. The van der Waals surface area contributed by atoms with Crippen molar-refractivity contribution in [2.75, 3.05) is 0 Å². The van der Waals surface area contributed by atoms with Crippen molar-refractivity contribution in [2.24, 2.45) is 0 Å². The van der Waals surface area contributed by atoms with Gasteiger partial charge < -0.3 is 4.74 Å². The molecule has 0 saturated heterocycles. The number of nitro groups is 1. The summed E-state index contributed by atoms with van der Waals surface area (Å²) in [5.41, 5.74) is -0.475. The molecule has 18 heavy (non-hydrogen) atoms. The van der Waals surface area contributed by atoms with E-state index in [9.17, 15) is 14.5 Å². The van der Waals surface area contributed by atoms with E-state index in [4.69, 9.17) is 4.74 Å². The van der Waals surface area contributed by atoms with Gasteiger partial charge in [0.05, 0.1) is 11.0 Å². The monoisotopic (exact) mass is 361 g/mol. The van der Waals surface area contributed by atoms with Crippen molar-refractivity contribution in [1.29, 1.82) is 0 Å². The second kappa shape index (κ2) is 5.21. The molecule has 0 aliphatic rings. The van der Waals surface area contributed by atoms with Crippen LogP contribution in [0.2, 0.25) is 0 Å². The van der Waals surface area contributed by atoms with Crippen LogP contribution < -0.4 is 4.74 Å². The third kappa shape index (κ3) is 2.88. The van der Waals surface area contributed by atoms with E-state index in [0.717, 1.165) is 21.8 Å². The van der Waals surface area contributed by atoms with Crippen LogP contribution in [0.15, 0.2) is 30.6 Å². The maximum Gasteiger partial charge on any atom is 0.322 e. The number of hydrogen-bond acceptors (Lipinski definition) is 5. The van der Waals surface area contributed by atoms with Gasteiger partial charge in [-0.15, -0.1) is 0 Å². The maximum atomic E-state index is 12.9. The Morgan fingerprint density at radius 2 is 2.00 bits per heavy atom. The second-order valence-electron chi connectivity index (χ2n) is 3.16. The molecule has 1 aromatic carbocycles. The Bertz CT molecular complexity index is 591. The molecular formula is C10H5FIN3O3. The summed E-state index contributed by atoms with van der Waals surface area (Å²) in [5, 5.41) is 10.7. The van der Waals surface area contributed by atoms with E-state index in [1.807, 2.05) is 22.6 Å². The van der Waals surface area contributed by atoms with Gasteiger partial charge in [-0.2, -0.15) is 0 Å². The smallest absolute Gasteiger partial charge is 0.322 e. The van der Waals surface area contributed by atoms with Crippen LogP contribution >= 0.6 is 22.6 Å². The molecule has 6 nitrogen and oxygen atoms in total. The number of aromatic nitrogens is 2. The zero-order chi connectivity index (χ0) is 13.1. The van der Waals surface area contributed by atoms with Crippen LogP contribution in [-0.4, -0.2) is 14.9 Å². The zero-order valence-electron chi connectivity index (χ0n) is 8.71. The highest BCUT2D eigenvalue weighted by atomic mass is 127. The van der Waals surface area contributed by atoms with Gasteiger partial charge in [-0.3, -0.25) is 10.1 Å².